The van der Waals surface area contributed by atoms with E-state index >= 15 is 0 Å². The Morgan fingerprint density at radius 3 is 2.85 bits per heavy atom. The summed E-state index contributed by atoms with van der Waals surface area (Å²) in [6, 6.07) is 13.9. The van der Waals surface area contributed by atoms with Gasteiger partial charge in [-0.15, -0.1) is 11.3 Å². The molecule has 1 heterocycles. The first-order valence-electron chi connectivity index (χ1n) is 7.26. The SMILES string of the molecule is COCCc1ccccc1-c1ccc(CNC2CC2)s1. The predicted molar refractivity (Wildman–Crippen MR) is 85.2 cm³/mol. The largest absolute Gasteiger partial charge is 0.384 e. The Balaban J connectivity index is 1.73. The van der Waals surface area contributed by atoms with E-state index in [1.54, 1.807) is 7.11 Å². The van der Waals surface area contributed by atoms with E-state index in [2.05, 4.69) is 41.7 Å². The van der Waals surface area contributed by atoms with Gasteiger partial charge >= 0.3 is 0 Å². The Bertz CT molecular complexity index is 560. The van der Waals surface area contributed by atoms with E-state index in [9.17, 15) is 0 Å². The standard InChI is InChI=1S/C17H21NOS/c1-19-11-10-13-4-2-3-5-16(13)17-9-8-15(20-17)12-18-14-6-7-14/h2-5,8-9,14,18H,6-7,10-12H2,1H3. The van der Waals surface area contributed by atoms with E-state index in [1.807, 2.05) is 11.3 Å². The van der Waals surface area contributed by atoms with E-state index in [1.165, 1.54) is 33.7 Å². The fourth-order valence-electron chi connectivity index (χ4n) is 2.34. The Morgan fingerprint density at radius 2 is 2.05 bits per heavy atom. The molecule has 1 N–H and O–H groups in total. The Morgan fingerprint density at radius 1 is 1.20 bits per heavy atom. The molecule has 0 spiro atoms. The lowest BCUT2D eigenvalue weighted by Crippen LogP contribution is -2.14. The van der Waals surface area contributed by atoms with Gasteiger partial charge in [-0.25, -0.2) is 0 Å². The van der Waals surface area contributed by atoms with Gasteiger partial charge in [-0.3, -0.25) is 0 Å². The van der Waals surface area contributed by atoms with Crippen LogP contribution < -0.4 is 5.32 Å². The van der Waals surface area contributed by atoms with Gasteiger partial charge in [0.15, 0.2) is 0 Å². The molecule has 0 bridgehead atoms. The normalized spacial score (nSPS) is 14.7. The molecule has 1 aromatic carbocycles. The first-order valence-corrected chi connectivity index (χ1v) is 8.08. The molecule has 106 valence electrons. The number of ether oxygens (including phenoxy) is 1. The summed E-state index contributed by atoms with van der Waals surface area (Å²) < 4.78 is 5.21. The highest BCUT2D eigenvalue weighted by Crippen LogP contribution is 2.31. The number of hydrogen-bond acceptors (Lipinski definition) is 3. The second-order valence-corrected chi connectivity index (χ2v) is 6.49. The average Bonchev–Trinajstić information content (AvgIpc) is 3.20. The summed E-state index contributed by atoms with van der Waals surface area (Å²) in [4.78, 5) is 2.79. The Hall–Kier alpha value is -1.16. The lowest BCUT2D eigenvalue weighted by Gasteiger charge is -2.07. The first kappa shape index (κ1) is 13.8. The quantitative estimate of drug-likeness (QED) is 0.835. The molecular formula is C17H21NOS. The van der Waals surface area contributed by atoms with Crippen molar-refractivity contribution in [1.82, 2.24) is 5.32 Å². The molecule has 3 rings (SSSR count). The van der Waals surface area contributed by atoms with Gasteiger partial charge in [0.25, 0.3) is 0 Å². The van der Waals surface area contributed by atoms with Crippen LogP contribution in [-0.4, -0.2) is 19.8 Å². The third-order valence-corrected chi connectivity index (χ3v) is 4.78. The second kappa shape index (κ2) is 6.53. The Kier molecular flexibility index (Phi) is 4.51. The van der Waals surface area contributed by atoms with Crippen LogP contribution in [0.25, 0.3) is 10.4 Å². The molecule has 0 radical (unpaired) electrons. The zero-order valence-electron chi connectivity index (χ0n) is 11.9. The van der Waals surface area contributed by atoms with Crippen LogP contribution >= 0.6 is 11.3 Å². The summed E-state index contributed by atoms with van der Waals surface area (Å²) in [7, 11) is 1.76. The summed E-state index contributed by atoms with van der Waals surface area (Å²) in [5, 5.41) is 3.58. The van der Waals surface area contributed by atoms with Crippen molar-refractivity contribution in [1.29, 1.82) is 0 Å². The maximum atomic E-state index is 5.21. The number of benzene rings is 1. The summed E-state index contributed by atoms with van der Waals surface area (Å²) in [5.41, 5.74) is 2.73. The number of thiophene rings is 1. The van der Waals surface area contributed by atoms with Gasteiger partial charge in [-0.1, -0.05) is 24.3 Å². The topological polar surface area (TPSA) is 21.3 Å². The summed E-state index contributed by atoms with van der Waals surface area (Å²) in [5.74, 6) is 0. The van der Waals surface area contributed by atoms with Gasteiger partial charge in [0.1, 0.15) is 0 Å². The zero-order chi connectivity index (χ0) is 13.8. The molecule has 1 aromatic heterocycles. The van der Waals surface area contributed by atoms with Crippen molar-refractivity contribution in [3.05, 3.63) is 46.8 Å². The van der Waals surface area contributed by atoms with Gasteiger partial charge in [0.2, 0.25) is 0 Å². The summed E-state index contributed by atoms with van der Waals surface area (Å²) >= 11 is 1.90. The van der Waals surface area contributed by atoms with Crippen LogP contribution in [0.15, 0.2) is 36.4 Å². The fraction of sp³-hybridized carbons (Fsp3) is 0.412. The maximum Gasteiger partial charge on any atom is 0.0502 e. The molecule has 20 heavy (non-hydrogen) atoms. The van der Waals surface area contributed by atoms with E-state index in [4.69, 9.17) is 4.74 Å². The minimum atomic E-state index is 0.773. The van der Waals surface area contributed by atoms with E-state index in [-0.39, 0.29) is 0 Å². The van der Waals surface area contributed by atoms with E-state index in [0.29, 0.717) is 0 Å². The number of nitrogens with one attached hydrogen (secondary N) is 1. The monoisotopic (exact) mass is 287 g/mol. The molecular weight excluding hydrogens is 266 g/mol. The lowest BCUT2D eigenvalue weighted by atomic mass is 10.0. The smallest absolute Gasteiger partial charge is 0.0502 e. The molecule has 1 aliphatic rings. The number of methoxy groups -OCH3 is 1. The van der Waals surface area contributed by atoms with Gasteiger partial charge in [0.05, 0.1) is 6.61 Å². The lowest BCUT2D eigenvalue weighted by molar-refractivity contribution is 0.202. The molecule has 0 atom stereocenters. The van der Waals surface area contributed by atoms with Gasteiger partial charge in [0, 0.05) is 29.5 Å². The average molecular weight is 287 g/mol. The summed E-state index contributed by atoms with van der Waals surface area (Å²) in [6.45, 7) is 1.79. The Labute approximate surface area is 124 Å². The van der Waals surface area contributed by atoms with Crippen LogP contribution in [0.2, 0.25) is 0 Å². The second-order valence-electron chi connectivity index (χ2n) is 5.32. The predicted octanol–water partition coefficient (Wildman–Crippen LogP) is 3.86. The van der Waals surface area contributed by atoms with Crippen molar-refractivity contribution in [2.45, 2.75) is 31.8 Å². The molecule has 0 unspecified atom stereocenters. The molecule has 1 fully saturated rings. The van der Waals surface area contributed by atoms with E-state index < -0.39 is 0 Å². The molecule has 0 saturated heterocycles. The van der Waals surface area contributed by atoms with Crippen LogP contribution in [0.1, 0.15) is 23.3 Å². The molecule has 2 nitrogen and oxygen atoms in total. The molecule has 0 aliphatic heterocycles. The molecule has 1 saturated carbocycles. The van der Waals surface area contributed by atoms with Crippen molar-refractivity contribution >= 4 is 11.3 Å². The maximum absolute atomic E-state index is 5.21. The molecule has 1 aliphatic carbocycles. The fourth-order valence-corrected chi connectivity index (χ4v) is 3.36. The minimum Gasteiger partial charge on any atom is -0.384 e. The molecule has 0 amide bonds. The number of rotatable bonds is 7. The van der Waals surface area contributed by atoms with Crippen molar-refractivity contribution in [2.75, 3.05) is 13.7 Å². The van der Waals surface area contributed by atoms with Crippen molar-refractivity contribution in [3.8, 4) is 10.4 Å². The highest BCUT2D eigenvalue weighted by molar-refractivity contribution is 7.15. The first-order chi connectivity index (χ1) is 9.86. The molecule has 2 aromatic rings. The third kappa shape index (κ3) is 3.48. The van der Waals surface area contributed by atoms with Crippen LogP contribution in [0.5, 0.6) is 0 Å². The minimum absolute atomic E-state index is 0.773. The van der Waals surface area contributed by atoms with E-state index in [0.717, 1.165) is 25.6 Å². The van der Waals surface area contributed by atoms with Gasteiger partial charge < -0.3 is 10.1 Å². The molecule has 3 heteroatoms. The highest BCUT2D eigenvalue weighted by Gasteiger charge is 2.20. The summed E-state index contributed by atoms with van der Waals surface area (Å²) in [6.07, 6.45) is 3.66. The van der Waals surface area contributed by atoms with Crippen LogP contribution in [0.4, 0.5) is 0 Å². The zero-order valence-corrected chi connectivity index (χ0v) is 12.7. The van der Waals surface area contributed by atoms with Crippen LogP contribution in [0, 0.1) is 0 Å². The van der Waals surface area contributed by atoms with Crippen LogP contribution in [0.3, 0.4) is 0 Å². The highest BCUT2D eigenvalue weighted by atomic mass is 32.1. The van der Waals surface area contributed by atoms with Crippen LogP contribution in [-0.2, 0) is 17.7 Å². The van der Waals surface area contributed by atoms with Crippen molar-refractivity contribution in [2.24, 2.45) is 0 Å². The van der Waals surface area contributed by atoms with Gasteiger partial charge in [-0.2, -0.15) is 0 Å². The third-order valence-electron chi connectivity index (χ3n) is 3.66. The van der Waals surface area contributed by atoms with Crippen molar-refractivity contribution in [3.63, 3.8) is 0 Å². The number of hydrogen-bond donors (Lipinski definition) is 1. The van der Waals surface area contributed by atoms with Gasteiger partial charge in [-0.05, 0) is 42.5 Å². The van der Waals surface area contributed by atoms with Crippen molar-refractivity contribution < 1.29 is 4.74 Å².